The van der Waals surface area contributed by atoms with Crippen LogP contribution in [0.5, 0.6) is 0 Å². The quantitative estimate of drug-likeness (QED) is 0.673. The zero-order chi connectivity index (χ0) is 17.1. The fourth-order valence-corrected chi connectivity index (χ4v) is 4.61. The van der Waals surface area contributed by atoms with E-state index in [1.54, 1.807) is 11.1 Å². The van der Waals surface area contributed by atoms with Gasteiger partial charge in [0.05, 0.1) is 0 Å². The maximum Gasteiger partial charge on any atom is 0.228 e. The van der Waals surface area contributed by atoms with Crippen molar-refractivity contribution in [1.29, 1.82) is 0 Å². The first-order valence-corrected chi connectivity index (χ1v) is 10.8. The van der Waals surface area contributed by atoms with Crippen molar-refractivity contribution < 1.29 is 4.79 Å². The lowest BCUT2D eigenvalue weighted by Gasteiger charge is -2.31. The highest BCUT2D eigenvalue weighted by atomic mass is 127. The van der Waals surface area contributed by atoms with Crippen molar-refractivity contribution in [3.05, 3.63) is 70.2 Å². The van der Waals surface area contributed by atoms with Crippen molar-refractivity contribution in [2.45, 2.75) is 18.8 Å². The molecule has 1 amide bonds. The van der Waals surface area contributed by atoms with Crippen molar-refractivity contribution in [3.8, 4) is 0 Å². The van der Waals surface area contributed by atoms with Gasteiger partial charge in [-0.2, -0.15) is 0 Å². The summed E-state index contributed by atoms with van der Waals surface area (Å²) in [4.78, 5) is 23.5. The molecule has 0 spiro atoms. The standard InChI is InChI=1S/C20H18IN3O/c25-19-14-17(15-4-2-1-3-5-15)9-13-24(19)18-8-12-22-20(23-18)16-6-10-21-11-7-16/h1-8,10-12,17H,9,13-14H2. The molecule has 1 atom stereocenters. The molecule has 4 rings (SSSR count). The summed E-state index contributed by atoms with van der Waals surface area (Å²) < 4.78 is 4.39. The van der Waals surface area contributed by atoms with Crippen LogP contribution in [0.1, 0.15) is 30.1 Å². The van der Waals surface area contributed by atoms with E-state index in [1.807, 2.05) is 24.3 Å². The number of carbonyl (C=O) groups is 1. The van der Waals surface area contributed by atoms with Crippen molar-refractivity contribution >= 4 is 42.0 Å². The molecule has 0 bridgehead atoms. The van der Waals surface area contributed by atoms with Gasteiger partial charge in [0, 0.05) is 24.7 Å². The van der Waals surface area contributed by atoms with Gasteiger partial charge in [0.15, 0.2) is 5.82 Å². The van der Waals surface area contributed by atoms with Crippen molar-refractivity contribution in [3.63, 3.8) is 0 Å². The number of hydrogen-bond acceptors (Lipinski definition) is 3. The number of nitrogens with zero attached hydrogens (tertiary/aromatic N) is 3. The Hall–Kier alpha value is -2.15. The molecule has 2 aromatic rings. The molecule has 1 fully saturated rings. The Morgan fingerprint density at radius 3 is 2.80 bits per heavy atom. The molecule has 2 aliphatic rings. The second-order valence-corrected chi connectivity index (χ2v) is 8.21. The van der Waals surface area contributed by atoms with Crippen LogP contribution < -0.4 is 4.90 Å². The predicted molar refractivity (Wildman–Crippen MR) is 110 cm³/mol. The molecule has 1 unspecified atom stereocenters. The van der Waals surface area contributed by atoms with Crippen LogP contribution in [0, 0.1) is 0 Å². The number of carbonyl (C=O) groups excluding carboxylic acids is 1. The van der Waals surface area contributed by atoms with E-state index in [4.69, 9.17) is 0 Å². The molecule has 1 aromatic carbocycles. The summed E-state index contributed by atoms with van der Waals surface area (Å²) in [6.45, 7) is 0.696. The van der Waals surface area contributed by atoms with Gasteiger partial charge in [0.2, 0.25) is 5.91 Å². The van der Waals surface area contributed by atoms with Crippen LogP contribution in [0.3, 0.4) is 0 Å². The minimum Gasteiger partial charge on any atom is -0.297 e. The molecule has 25 heavy (non-hydrogen) atoms. The molecule has 0 radical (unpaired) electrons. The number of piperidine rings is 1. The Kier molecular flexibility index (Phi) is 4.83. The third kappa shape index (κ3) is 3.61. The Labute approximate surface area is 157 Å². The zero-order valence-electron chi connectivity index (χ0n) is 13.7. The van der Waals surface area contributed by atoms with Crippen molar-refractivity contribution in [2.24, 2.45) is 0 Å². The van der Waals surface area contributed by atoms with E-state index in [1.165, 1.54) is 5.56 Å². The first-order valence-electron chi connectivity index (χ1n) is 8.32. The summed E-state index contributed by atoms with van der Waals surface area (Å²) in [6.07, 6.45) is 7.39. The number of benzene rings is 1. The number of aromatic nitrogens is 2. The summed E-state index contributed by atoms with van der Waals surface area (Å²) in [6, 6.07) is 12.1. The monoisotopic (exact) mass is 443 g/mol. The maximum absolute atomic E-state index is 12.7. The molecule has 3 heterocycles. The third-order valence-corrected chi connectivity index (χ3v) is 6.05. The first-order chi connectivity index (χ1) is 12.3. The van der Waals surface area contributed by atoms with Gasteiger partial charge in [-0.05, 0) is 44.2 Å². The van der Waals surface area contributed by atoms with E-state index in [0.717, 1.165) is 12.0 Å². The van der Waals surface area contributed by atoms with Gasteiger partial charge in [-0.1, -0.05) is 51.1 Å². The molecule has 2 aliphatic heterocycles. The van der Waals surface area contributed by atoms with Crippen LogP contribution in [0.25, 0.3) is 5.57 Å². The van der Waals surface area contributed by atoms with E-state index >= 15 is 0 Å². The van der Waals surface area contributed by atoms with E-state index < -0.39 is 0 Å². The van der Waals surface area contributed by atoms with Gasteiger partial charge in [-0.15, -0.1) is 0 Å². The highest BCUT2D eigenvalue weighted by Gasteiger charge is 2.28. The van der Waals surface area contributed by atoms with Crippen LogP contribution >= 0.6 is 20.7 Å². The summed E-state index contributed by atoms with van der Waals surface area (Å²) in [5, 5.41) is 0. The van der Waals surface area contributed by atoms with Gasteiger partial charge in [-0.25, -0.2) is 9.97 Å². The largest absolute Gasteiger partial charge is 0.297 e. The SMILES string of the molecule is O=C1CC(c2ccccc2)CCN1c1ccnc(C2=CC=IC=C2)n1. The number of anilines is 1. The Morgan fingerprint density at radius 2 is 2.04 bits per heavy atom. The van der Waals surface area contributed by atoms with Crippen LogP contribution in [0.15, 0.2) is 58.8 Å². The van der Waals surface area contributed by atoms with E-state index in [9.17, 15) is 4.79 Å². The number of halogens is 1. The van der Waals surface area contributed by atoms with Gasteiger partial charge >= 0.3 is 0 Å². The molecule has 0 aliphatic carbocycles. The fourth-order valence-electron chi connectivity index (χ4n) is 3.18. The van der Waals surface area contributed by atoms with Crippen molar-refractivity contribution in [1.82, 2.24) is 9.97 Å². The Bertz CT molecular complexity index is 874. The number of rotatable bonds is 3. The van der Waals surface area contributed by atoms with Crippen LogP contribution in [0.4, 0.5) is 5.82 Å². The first kappa shape index (κ1) is 16.3. The lowest BCUT2D eigenvalue weighted by Crippen LogP contribution is -2.38. The normalized spacial score (nSPS) is 20.2. The minimum absolute atomic E-state index is 0.0377. The molecule has 0 N–H and O–H groups in total. The van der Waals surface area contributed by atoms with Crippen LogP contribution in [-0.2, 0) is 4.79 Å². The molecule has 1 aromatic heterocycles. The number of hydrogen-bond donors (Lipinski definition) is 0. The van der Waals surface area contributed by atoms with E-state index in [2.05, 4.69) is 42.3 Å². The molecule has 126 valence electrons. The number of allylic oxidation sites excluding steroid dienone is 3. The topological polar surface area (TPSA) is 46.1 Å². The van der Waals surface area contributed by atoms with Gasteiger partial charge in [-0.3, -0.25) is 9.69 Å². The smallest absolute Gasteiger partial charge is 0.228 e. The van der Waals surface area contributed by atoms with Gasteiger partial charge in [0.25, 0.3) is 0 Å². The number of amides is 1. The third-order valence-electron chi connectivity index (χ3n) is 4.50. The minimum atomic E-state index is 0.0377. The summed E-state index contributed by atoms with van der Waals surface area (Å²) in [5.74, 6) is 1.83. The second-order valence-electron chi connectivity index (χ2n) is 6.05. The summed E-state index contributed by atoms with van der Waals surface area (Å²) in [7, 11) is 0. The lowest BCUT2D eigenvalue weighted by atomic mass is 9.89. The summed E-state index contributed by atoms with van der Waals surface area (Å²) >= 11 is 0.0377. The highest BCUT2D eigenvalue weighted by molar-refractivity contribution is 14.2. The van der Waals surface area contributed by atoms with E-state index in [0.29, 0.717) is 30.5 Å². The maximum atomic E-state index is 12.7. The van der Waals surface area contributed by atoms with Crippen molar-refractivity contribution in [2.75, 3.05) is 11.4 Å². The van der Waals surface area contributed by atoms with Gasteiger partial charge < -0.3 is 0 Å². The fraction of sp³-hybridized carbons (Fsp3) is 0.200. The molecule has 4 nitrogen and oxygen atoms in total. The average molecular weight is 443 g/mol. The van der Waals surface area contributed by atoms with E-state index in [-0.39, 0.29) is 26.6 Å². The predicted octanol–water partition coefficient (Wildman–Crippen LogP) is 4.07. The molecular weight excluding hydrogens is 425 g/mol. The van der Waals surface area contributed by atoms with Crippen LogP contribution in [0.2, 0.25) is 0 Å². The highest BCUT2D eigenvalue weighted by Crippen LogP contribution is 2.31. The second kappa shape index (κ2) is 7.39. The Morgan fingerprint density at radius 1 is 1.16 bits per heavy atom. The zero-order valence-corrected chi connectivity index (χ0v) is 15.8. The average Bonchev–Trinajstić information content (AvgIpc) is 2.69. The lowest BCUT2D eigenvalue weighted by molar-refractivity contribution is -0.120. The molecule has 1 saturated heterocycles. The van der Waals surface area contributed by atoms with Crippen LogP contribution in [-0.4, -0.2) is 26.4 Å². The Balaban J connectivity index is 1.53. The molecule has 0 saturated carbocycles. The summed E-state index contributed by atoms with van der Waals surface area (Å²) in [5.41, 5.74) is 2.26. The van der Waals surface area contributed by atoms with Gasteiger partial charge in [0.1, 0.15) is 5.82 Å². The molecular formula is C20H18IN3O. The molecule has 5 heteroatoms.